The van der Waals surface area contributed by atoms with Crippen LogP contribution in [-0.4, -0.2) is 34.7 Å². The van der Waals surface area contributed by atoms with Crippen LogP contribution in [-0.2, 0) is 4.79 Å². The Morgan fingerprint density at radius 1 is 1.03 bits per heavy atom. The highest BCUT2D eigenvalue weighted by atomic mass is 35.5. The van der Waals surface area contributed by atoms with Crippen molar-refractivity contribution in [1.82, 2.24) is 9.88 Å². The van der Waals surface area contributed by atoms with E-state index in [1.807, 2.05) is 43.0 Å². The standard InChI is InChI=1S/C29H31ClN2O2/c1-19-16-26(30)8-9-27(19)28(18-29(34)25-10-13-31-20(2)17-25)24-6-4-22(5-7-24)23-11-14-32(15-12-23)21(3)33/h4-10,13,16-17,23,28H,11-12,14-15,18H2,1-3H3/t28-/m1/s1. The molecule has 1 atom stereocenters. The van der Waals surface area contributed by atoms with E-state index in [1.165, 1.54) is 5.56 Å². The first-order valence-electron chi connectivity index (χ1n) is 11.9. The summed E-state index contributed by atoms with van der Waals surface area (Å²) in [6.07, 6.45) is 4.04. The molecule has 1 amide bonds. The average Bonchev–Trinajstić information content (AvgIpc) is 2.83. The first-order valence-corrected chi connectivity index (χ1v) is 12.3. The Hall–Kier alpha value is -2.98. The fraction of sp³-hybridized carbons (Fsp3) is 0.345. The summed E-state index contributed by atoms with van der Waals surface area (Å²) in [4.78, 5) is 31.0. The van der Waals surface area contributed by atoms with Crippen molar-refractivity contribution in [3.8, 4) is 0 Å². The Bertz CT molecular complexity index is 1180. The second-order valence-electron chi connectivity index (χ2n) is 9.31. The first kappa shape index (κ1) is 24.2. The molecule has 4 rings (SSSR count). The van der Waals surface area contributed by atoms with Crippen molar-refractivity contribution >= 4 is 23.3 Å². The number of piperidine rings is 1. The quantitative estimate of drug-likeness (QED) is 0.384. The van der Waals surface area contributed by atoms with Gasteiger partial charge in [-0.1, -0.05) is 41.9 Å². The van der Waals surface area contributed by atoms with Gasteiger partial charge >= 0.3 is 0 Å². The normalized spacial score (nSPS) is 15.2. The Kier molecular flexibility index (Phi) is 7.47. The molecule has 4 nitrogen and oxygen atoms in total. The second kappa shape index (κ2) is 10.5. The van der Waals surface area contributed by atoms with Crippen LogP contribution in [0.5, 0.6) is 0 Å². The van der Waals surface area contributed by atoms with E-state index in [0.29, 0.717) is 22.9 Å². The Labute approximate surface area is 207 Å². The van der Waals surface area contributed by atoms with Crippen LogP contribution in [0.25, 0.3) is 0 Å². The molecule has 34 heavy (non-hydrogen) atoms. The van der Waals surface area contributed by atoms with Gasteiger partial charge in [0.2, 0.25) is 5.91 Å². The molecule has 1 fully saturated rings. The molecule has 176 valence electrons. The molecule has 0 bridgehead atoms. The Morgan fingerprint density at radius 3 is 2.35 bits per heavy atom. The number of carbonyl (C=O) groups is 2. The van der Waals surface area contributed by atoms with Crippen molar-refractivity contribution in [1.29, 1.82) is 0 Å². The van der Waals surface area contributed by atoms with Crippen LogP contribution in [0.2, 0.25) is 5.02 Å². The van der Waals surface area contributed by atoms with E-state index in [2.05, 4.69) is 29.2 Å². The van der Waals surface area contributed by atoms with Gasteiger partial charge in [-0.15, -0.1) is 0 Å². The number of aryl methyl sites for hydroxylation is 2. The van der Waals surface area contributed by atoms with Crippen LogP contribution in [0.4, 0.5) is 0 Å². The highest BCUT2D eigenvalue weighted by Gasteiger charge is 2.24. The molecule has 1 aromatic heterocycles. The lowest BCUT2D eigenvalue weighted by atomic mass is 9.82. The predicted molar refractivity (Wildman–Crippen MR) is 137 cm³/mol. The van der Waals surface area contributed by atoms with Crippen molar-refractivity contribution in [2.75, 3.05) is 13.1 Å². The number of amides is 1. The Morgan fingerprint density at radius 2 is 1.74 bits per heavy atom. The van der Waals surface area contributed by atoms with Crippen LogP contribution in [0, 0.1) is 13.8 Å². The number of ketones is 1. The molecule has 2 aromatic carbocycles. The molecular formula is C29H31ClN2O2. The third kappa shape index (κ3) is 5.56. The van der Waals surface area contributed by atoms with Gasteiger partial charge in [-0.3, -0.25) is 14.6 Å². The zero-order chi connectivity index (χ0) is 24.2. The lowest BCUT2D eigenvalue weighted by Crippen LogP contribution is -2.36. The molecule has 0 spiro atoms. The maximum atomic E-state index is 13.2. The highest BCUT2D eigenvalue weighted by molar-refractivity contribution is 6.30. The molecule has 0 saturated carbocycles. The predicted octanol–water partition coefficient (Wildman–Crippen LogP) is 6.48. The van der Waals surface area contributed by atoms with Gasteiger partial charge in [0.1, 0.15) is 0 Å². The van der Waals surface area contributed by atoms with Crippen molar-refractivity contribution in [2.24, 2.45) is 0 Å². The minimum Gasteiger partial charge on any atom is -0.343 e. The van der Waals surface area contributed by atoms with Gasteiger partial charge < -0.3 is 4.90 Å². The lowest BCUT2D eigenvalue weighted by Gasteiger charge is -2.31. The van der Waals surface area contributed by atoms with Gasteiger partial charge in [0, 0.05) is 54.8 Å². The van der Waals surface area contributed by atoms with E-state index in [1.54, 1.807) is 19.2 Å². The molecule has 1 aliphatic heterocycles. The zero-order valence-electron chi connectivity index (χ0n) is 20.1. The lowest BCUT2D eigenvalue weighted by molar-refractivity contribution is -0.129. The van der Waals surface area contributed by atoms with Crippen molar-refractivity contribution in [3.05, 3.63) is 99.3 Å². The topological polar surface area (TPSA) is 50.3 Å². The summed E-state index contributed by atoms with van der Waals surface area (Å²) in [6.45, 7) is 7.22. The van der Waals surface area contributed by atoms with Gasteiger partial charge in [-0.05, 0) is 79.1 Å². The van der Waals surface area contributed by atoms with E-state index in [-0.39, 0.29) is 17.6 Å². The van der Waals surface area contributed by atoms with Crippen molar-refractivity contribution in [3.63, 3.8) is 0 Å². The highest BCUT2D eigenvalue weighted by Crippen LogP contribution is 2.35. The summed E-state index contributed by atoms with van der Waals surface area (Å²) in [5.41, 5.74) is 6.15. The van der Waals surface area contributed by atoms with Crippen LogP contribution < -0.4 is 0 Å². The number of benzene rings is 2. The number of aromatic nitrogens is 1. The van der Waals surface area contributed by atoms with Gasteiger partial charge in [0.15, 0.2) is 5.78 Å². The fourth-order valence-corrected chi connectivity index (χ4v) is 5.21. The summed E-state index contributed by atoms with van der Waals surface area (Å²) >= 11 is 6.22. The van der Waals surface area contributed by atoms with Gasteiger partial charge in [0.05, 0.1) is 0 Å². The van der Waals surface area contributed by atoms with Crippen LogP contribution in [0.3, 0.4) is 0 Å². The number of carbonyl (C=O) groups excluding carboxylic acids is 2. The van der Waals surface area contributed by atoms with Crippen LogP contribution in [0.15, 0.2) is 60.8 Å². The first-order chi connectivity index (χ1) is 16.3. The van der Waals surface area contributed by atoms with Gasteiger partial charge in [0.25, 0.3) is 0 Å². The summed E-state index contributed by atoms with van der Waals surface area (Å²) in [5, 5.41) is 0.698. The SMILES string of the molecule is CC(=O)N1CCC(c2ccc([C@@H](CC(=O)c3ccnc(C)c3)c3ccc(Cl)cc3C)cc2)CC1. The molecule has 3 aromatic rings. The molecule has 1 saturated heterocycles. The summed E-state index contributed by atoms with van der Waals surface area (Å²) in [6, 6.07) is 18.3. The number of hydrogen-bond acceptors (Lipinski definition) is 3. The molecule has 1 aliphatic rings. The third-order valence-electron chi connectivity index (χ3n) is 6.97. The van der Waals surface area contributed by atoms with E-state index in [0.717, 1.165) is 48.3 Å². The molecule has 2 heterocycles. The zero-order valence-corrected chi connectivity index (χ0v) is 20.8. The summed E-state index contributed by atoms with van der Waals surface area (Å²) < 4.78 is 0. The number of hydrogen-bond donors (Lipinski definition) is 0. The average molecular weight is 475 g/mol. The monoisotopic (exact) mass is 474 g/mol. The number of nitrogens with zero attached hydrogens (tertiary/aromatic N) is 2. The number of pyridine rings is 1. The largest absolute Gasteiger partial charge is 0.343 e. The van der Waals surface area contributed by atoms with Crippen molar-refractivity contribution in [2.45, 2.75) is 51.9 Å². The Balaban J connectivity index is 1.60. The van der Waals surface area contributed by atoms with Crippen LogP contribution >= 0.6 is 11.6 Å². The molecular weight excluding hydrogens is 444 g/mol. The van der Waals surface area contributed by atoms with Gasteiger partial charge in [-0.25, -0.2) is 0 Å². The number of Topliss-reactive ketones (excluding diaryl/α,β-unsaturated/α-hetero) is 1. The smallest absolute Gasteiger partial charge is 0.219 e. The molecule has 0 unspecified atom stereocenters. The molecule has 5 heteroatoms. The number of halogens is 1. The van der Waals surface area contributed by atoms with E-state index >= 15 is 0 Å². The van der Waals surface area contributed by atoms with Crippen molar-refractivity contribution < 1.29 is 9.59 Å². The van der Waals surface area contributed by atoms with E-state index in [4.69, 9.17) is 11.6 Å². The fourth-order valence-electron chi connectivity index (χ4n) is 4.99. The third-order valence-corrected chi connectivity index (χ3v) is 7.20. The molecule has 0 aliphatic carbocycles. The second-order valence-corrected chi connectivity index (χ2v) is 9.75. The van der Waals surface area contributed by atoms with Crippen LogP contribution in [0.1, 0.15) is 76.3 Å². The molecule has 0 radical (unpaired) electrons. The van der Waals surface area contributed by atoms with E-state index in [9.17, 15) is 9.59 Å². The molecule has 0 N–H and O–H groups in total. The maximum Gasteiger partial charge on any atom is 0.219 e. The van der Waals surface area contributed by atoms with Gasteiger partial charge in [-0.2, -0.15) is 0 Å². The minimum absolute atomic E-state index is 0.0631. The minimum atomic E-state index is -0.0631. The number of rotatable bonds is 6. The number of likely N-dealkylation sites (tertiary alicyclic amines) is 1. The summed E-state index contributed by atoms with van der Waals surface area (Å²) in [5.74, 6) is 0.656. The maximum absolute atomic E-state index is 13.2. The summed E-state index contributed by atoms with van der Waals surface area (Å²) in [7, 11) is 0. The van der Waals surface area contributed by atoms with E-state index < -0.39 is 0 Å².